The highest BCUT2D eigenvalue weighted by Gasteiger charge is 2.15. The molecule has 1 aliphatic rings. The largest absolute Gasteiger partial charge is 0.368 e. The molecule has 4 nitrogen and oxygen atoms in total. The van der Waals surface area contributed by atoms with Crippen LogP contribution >= 0.6 is 0 Å². The zero-order valence-electron chi connectivity index (χ0n) is 7.53. The van der Waals surface area contributed by atoms with Crippen LogP contribution in [-0.4, -0.2) is 16.5 Å². The van der Waals surface area contributed by atoms with Crippen LogP contribution in [-0.2, 0) is 0 Å². The predicted octanol–water partition coefficient (Wildman–Crippen LogP) is 0.873. The summed E-state index contributed by atoms with van der Waals surface area (Å²) in [5.41, 5.74) is 6.54. The first kappa shape index (κ1) is 8.44. The number of rotatable bonds is 1. The van der Waals surface area contributed by atoms with E-state index in [1.807, 2.05) is 6.07 Å². The van der Waals surface area contributed by atoms with Crippen LogP contribution in [0, 0.1) is 0 Å². The number of aromatic nitrogens is 2. The molecule has 70 valence electrons. The second kappa shape index (κ2) is 3.70. The summed E-state index contributed by atoms with van der Waals surface area (Å²) >= 11 is 0. The van der Waals surface area contributed by atoms with Gasteiger partial charge in [-0.3, -0.25) is 0 Å². The Hall–Kier alpha value is -1.16. The van der Waals surface area contributed by atoms with Gasteiger partial charge in [-0.25, -0.2) is 9.97 Å². The van der Waals surface area contributed by atoms with E-state index in [4.69, 9.17) is 5.73 Å². The Kier molecular flexibility index (Phi) is 2.40. The second-order valence-electron chi connectivity index (χ2n) is 3.34. The molecular formula is C9H14N4. The van der Waals surface area contributed by atoms with Crippen LogP contribution in [0.25, 0.3) is 0 Å². The molecule has 0 amide bonds. The molecule has 2 heterocycles. The van der Waals surface area contributed by atoms with Gasteiger partial charge in [0, 0.05) is 12.2 Å². The number of nitrogens with one attached hydrogen (secondary N) is 1. The van der Waals surface area contributed by atoms with E-state index in [0.717, 1.165) is 18.7 Å². The minimum atomic E-state index is 0.366. The molecule has 0 saturated carbocycles. The third-order valence-electron chi connectivity index (χ3n) is 2.36. The van der Waals surface area contributed by atoms with E-state index in [9.17, 15) is 0 Å². The minimum absolute atomic E-state index is 0.366. The normalized spacial score (nSPS) is 22.9. The lowest BCUT2D eigenvalue weighted by atomic mass is 10.0. The molecule has 0 aromatic carbocycles. The summed E-state index contributed by atoms with van der Waals surface area (Å²) in [6.07, 6.45) is 5.39. The molecule has 0 bridgehead atoms. The fraction of sp³-hybridized carbons (Fsp3) is 0.556. The zero-order valence-corrected chi connectivity index (χ0v) is 7.53. The van der Waals surface area contributed by atoms with E-state index in [0.29, 0.717) is 12.0 Å². The lowest BCUT2D eigenvalue weighted by molar-refractivity contribution is 0.405. The maximum absolute atomic E-state index is 5.52. The summed E-state index contributed by atoms with van der Waals surface area (Å²) in [5.74, 6) is 0.366. The van der Waals surface area contributed by atoms with Crippen LogP contribution in [0.15, 0.2) is 12.3 Å². The molecule has 1 fully saturated rings. The Morgan fingerprint density at radius 2 is 2.38 bits per heavy atom. The quantitative estimate of drug-likeness (QED) is 0.670. The van der Waals surface area contributed by atoms with Gasteiger partial charge in [0.15, 0.2) is 0 Å². The lowest BCUT2D eigenvalue weighted by Crippen LogP contribution is -2.27. The van der Waals surface area contributed by atoms with Crippen molar-refractivity contribution in [1.82, 2.24) is 15.3 Å². The van der Waals surface area contributed by atoms with Crippen LogP contribution in [0.5, 0.6) is 0 Å². The van der Waals surface area contributed by atoms with Gasteiger partial charge in [-0.2, -0.15) is 0 Å². The van der Waals surface area contributed by atoms with Gasteiger partial charge in [0.25, 0.3) is 0 Å². The van der Waals surface area contributed by atoms with Crippen molar-refractivity contribution in [2.75, 3.05) is 12.3 Å². The highest BCUT2D eigenvalue weighted by Crippen LogP contribution is 2.20. The van der Waals surface area contributed by atoms with Crippen LogP contribution in [0.1, 0.15) is 31.0 Å². The fourth-order valence-corrected chi connectivity index (χ4v) is 1.69. The highest BCUT2D eigenvalue weighted by molar-refractivity contribution is 5.19. The summed E-state index contributed by atoms with van der Waals surface area (Å²) in [6, 6.07) is 2.30. The first-order valence-corrected chi connectivity index (χ1v) is 4.68. The number of nitrogens with two attached hydrogens (primary N) is 1. The molecule has 1 aliphatic heterocycles. The lowest BCUT2D eigenvalue weighted by Gasteiger charge is -2.22. The summed E-state index contributed by atoms with van der Waals surface area (Å²) in [5, 5.41) is 3.42. The molecule has 0 spiro atoms. The molecular weight excluding hydrogens is 164 g/mol. The summed E-state index contributed by atoms with van der Waals surface area (Å²) in [4.78, 5) is 8.07. The molecule has 0 aliphatic carbocycles. The Bertz CT molecular complexity index is 281. The second-order valence-corrected chi connectivity index (χ2v) is 3.34. The summed E-state index contributed by atoms with van der Waals surface area (Å²) in [6.45, 7) is 1.08. The predicted molar refractivity (Wildman–Crippen MR) is 51.0 cm³/mol. The maximum atomic E-state index is 5.52. The fourth-order valence-electron chi connectivity index (χ4n) is 1.69. The van der Waals surface area contributed by atoms with E-state index < -0.39 is 0 Å². The molecule has 1 atom stereocenters. The van der Waals surface area contributed by atoms with Crippen LogP contribution in [0.3, 0.4) is 0 Å². The van der Waals surface area contributed by atoms with E-state index in [1.165, 1.54) is 12.8 Å². The van der Waals surface area contributed by atoms with Crippen LogP contribution in [0.4, 0.5) is 5.95 Å². The number of nitrogens with zero attached hydrogens (tertiary/aromatic N) is 2. The van der Waals surface area contributed by atoms with Crippen molar-refractivity contribution < 1.29 is 0 Å². The molecule has 4 heteroatoms. The minimum Gasteiger partial charge on any atom is -0.368 e. The zero-order chi connectivity index (χ0) is 9.10. The van der Waals surface area contributed by atoms with Crippen molar-refractivity contribution in [3.8, 4) is 0 Å². The van der Waals surface area contributed by atoms with Crippen LogP contribution in [0.2, 0.25) is 0 Å². The molecule has 1 aromatic rings. The van der Waals surface area contributed by atoms with Gasteiger partial charge in [-0.1, -0.05) is 6.42 Å². The monoisotopic (exact) mass is 178 g/mol. The number of hydrogen-bond donors (Lipinski definition) is 2. The first-order chi connectivity index (χ1) is 6.36. The molecule has 13 heavy (non-hydrogen) atoms. The standard InChI is InChI=1S/C9H14N4/c10-9-12-6-4-8(13-9)7-3-1-2-5-11-7/h4,6-7,11H,1-3,5H2,(H2,10,12,13)/t7-/m0/s1. The van der Waals surface area contributed by atoms with E-state index >= 15 is 0 Å². The number of nitrogen functional groups attached to an aromatic ring is 1. The van der Waals surface area contributed by atoms with Crippen molar-refractivity contribution in [3.63, 3.8) is 0 Å². The summed E-state index contributed by atoms with van der Waals surface area (Å²) in [7, 11) is 0. The van der Waals surface area contributed by atoms with Gasteiger partial charge < -0.3 is 11.1 Å². The van der Waals surface area contributed by atoms with Crippen molar-refractivity contribution in [1.29, 1.82) is 0 Å². The molecule has 1 saturated heterocycles. The molecule has 0 unspecified atom stereocenters. The van der Waals surface area contributed by atoms with Gasteiger partial charge in [0.2, 0.25) is 5.95 Å². The topological polar surface area (TPSA) is 63.8 Å². The Balaban J connectivity index is 2.14. The van der Waals surface area contributed by atoms with Gasteiger partial charge in [0.1, 0.15) is 0 Å². The Labute approximate surface area is 77.6 Å². The molecule has 2 rings (SSSR count). The summed E-state index contributed by atoms with van der Waals surface area (Å²) < 4.78 is 0. The third kappa shape index (κ3) is 1.95. The third-order valence-corrected chi connectivity index (χ3v) is 2.36. The van der Waals surface area contributed by atoms with Crippen LogP contribution < -0.4 is 11.1 Å². The first-order valence-electron chi connectivity index (χ1n) is 4.68. The Morgan fingerprint density at radius 3 is 3.08 bits per heavy atom. The van der Waals surface area contributed by atoms with Gasteiger partial charge >= 0.3 is 0 Å². The number of anilines is 1. The van der Waals surface area contributed by atoms with Crippen molar-refractivity contribution in [3.05, 3.63) is 18.0 Å². The van der Waals surface area contributed by atoms with Gasteiger partial charge in [0.05, 0.1) is 5.69 Å². The molecule has 0 radical (unpaired) electrons. The van der Waals surface area contributed by atoms with Gasteiger partial charge in [-0.05, 0) is 25.5 Å². The average Bonchev–Trinajstić information content (AvgIpc) is 2.19. The van der Waals surface area contributed by atoms with E-state index in [1.54, 1.807) is 6.20 Å². The molecule has 1 aromatic heterocycles. The van der Waals surface area contributed by atoms with E-state index in [-0.39, 0.29) is 0 Å². The van der Waals surface area contributed by atoms with Crippen molar-refractivity contribution >= 4 is 5.95 Å². The van der Waals surface area contributed by atoms with Crippen molar-refractivity contribution in [2.45, 2.75) is 25.3 Å². The number of hydrogen-bond acceptors (Lipinski definition) is 4. The SMILES string of the molecule is Nc1nccc([C@@H]2CCCCN2)n1. The smallest absolute Gasteiger partial charge is 0.220 e. The Morgan fingerprint density at radius 1 is 1.46 bits per heavy atom. The maximum Gasteiger partial charge on any atom is 0.220 e. The van der Waals surface area contributed by atoms with Gasteiger partial charge in [-0.15, -0.1) is 0 Å². The van der Waals surface area contributed by atoms with Crippen molar-refractivity contribution in [2.24, 2.45) is 0 Å². The van der Waals surface area contributed by atoms with E-state index in [2.05, 4.69) is 15.3 Å². The highest BCUT2D eigenvalue weighted by atomic mass is 15.0. The molecule has 3 N–H and O–H groups in total. The number of piperidine rings is 1. The average molecular weight is 178 g/mol.